The number of aromatic nitrogens is 2. The van der Waals surface area contributed by atoms with Gasteiger partial charge in [0.25, 0.3) is 0 Å². The predicted molar refractivity (Wildman–Crippen MR) is 67.0 cm³/mol. The van der Waals surface area contributed by atoms with Crippen molar-refractivity contribution in [2.45, 2.75) is 6.92 Å². The van der Waals surface area contributed by atoms with E-state index in [9.17, 15) is 5.11 Å². The van der Waals surface area contributed by atoms with Crippen LogP contribution in [0.3, 0.4) is 0 Å². The van der Waals surface area contributed by atoms with E-state index in [4.69, 9.17) is 0 Å². The lowest BCUT2D eigenvalue weighted by Gasteiger charge is -1.97. The summed E-state index contributed by atoms with van der Waals surface area (Å²) in [5.74, 6) is 0.190. The maximum atomic E-state index is 10.2. The maximum absolute atomic E-state index is 10.2. The molecule has 3 aromatic rings. The second kappa shape index (κ2) is 3.63. The molecule has 2 heterocycles. The van der Waals surface area contributed by atoms with Crippen LogP contribution in [0.1, 0.15) is 5.56 Å². The number of nitrogens with zero attached hydrogens (tertiary/aromatic N) is 2. The maximum Gasteiger partial charge on any atom is 0.224 e. The summed E-state index contributed by atoms with van der Waals surface area (Å²) in [4.78, 5) is 4.50. The van der Waals surface area contributed by atoms with Crippen molar-refractivity contribution in [3.63, 3.8) is 0 Å². The van der Waals surface area contributed by atoms with E-state index in [1.807, 2.05) is 55.6 Å². The topological polar surface area (TPSA) is 37.5 Å². The SMILES string of the molecule is Cc1cccn2c(O)c(-c3ccccc3)nc12. The Morgan fingerprint density at radius 2 is 1.82 bits per heavy atom. The Hall–Kier alpha value is -2.29. The number of aryl methyl sites for hydroxylation is 1. The second-order valence-electron chi connectivity index (χ2n) is 4.03. The number of pyridine rings is 1. The molecule has 0 spiro atoms. The number of benzene rings is 1. The van der Waals surface area contributed by atoms with Gasteiger partial charge in [0.15, 0.2) is 0 Å². The summed E-state index contributed by atoms with van der Waals surface area (Å²) in [6.07, 6.45) is 1.82. The molecule has 3 rings (SSSR count). The third-order valence-corrected chi connectivity index (χ3v) is 2.87. The van der Waals surface area contributed by atoms with Crippen LogP contribution in [0.15, 0.2) is 48.7 Å². The molecule has 0 unspecified atom stereocenters. The highest BCUT2D eigenvalue weighted by atomic mass is 16.3. The van der Waals surface area contributed by atoms with E-state index < -0.39 is 0 Å². The van der Waals surface area contributed by atoms with Crippen LogP contribution in [0, 0.1) is 6.92 Å². The van der Waals surface area contributed by atoms with Gasteiger partial charge >= 0.3 is 0 Å². The minimum Gasteiger partial charge on any atom is -0.493 e. The van der Waals surface area contributed by atoms with Gasteiger partial charge in [-0.25, -0.2) is 4.98 Å². The predicted octanol–water partition coefficient (Wildman–Crippen LogP) is 3.02. The van der Waals surface area contributed by atoms with E-state index >= 15 is 0 Å². The lowest BCUT2D eigenvalue weighted by Crippen LogP contribution is -1.85. The molecule has 0 amide bonds. The van der Waals surface area contributed by atoms with Gasteiger partial charge in [-0.15, -0.1) is 0 Å². The van der Waals surface area contributed by atoms with Crippen molar-refractivity contribution in [1.82, 2.24) is 9.38 Å². The molecule has 1 aromatic carbocycles. The van der Waals surface area contributed by atoms with Gasteiger partial charge in [-0.2, -0.15) is 0 Å². The Balaban J connectivity index is 2.32. The monoisotopic (exact) mass is 224 g/mol. The van der Waals surface area contributed by atoms with Crippen LogP contribution >= 0.6 is 0 Å². The summed E-state index contributed by atoms with van der Waals surface area (Å²) < 4.78 is 1.71. The molecular weight excluding hydrogens is 212 g/mol. The highest BCUT2D eigenvalue weighted by molar-refractivity contribution is 5.70. The molecule has 0 aliphatic heterocycles. The molecular formula is C14H12N2O. The quantitative estimate of drug-likeness (QED) is 0.690. The number of hydrogen-bond donors (Lipinski definition) is 1. The van der Waals surface area contributed by atoms with Crippen LogP contribution in [-0.2, 0) is 0 Å². The minimum atomic E-state index is 0.190. The van der Waals surface area contributed by atoms with Crippen LogP contribution in [0.5, 0.6) is 5.88 Å². The van der Waals surface area contributed by atoms with Crippen LogP contribution in [0.25, 0.3) is 16.9 Å². The Kier molecular flexibility index (Phi) is 2.11. The molecule has 3 nitrogen and oxygen atoms in total. The fourth-order valence-corrected chi connectivity index (χ4v) is 1.98. The van der Waals surface area contributed by atoms with E-state index in [0.717, 1.165) is 16.8 Å². The van der Waals surface area contributed by atoms with Crippen molar-refractivity contribution in [3.8, 4) is 17.1 Å². The third kappa shape index (κ3) is 1.47. The van der Waals surface area contributed by atoms with Crippen LogP contribution in [-0.4, -0.2) is 14.5 Å². The molecule has 0 bridgehead atoms. The molecule has 0 atom stereocenters. The Bertz CT molecular complexity index is 671. The second-order valence-corrected chi connectivity index (χ2v) is 4.03. The van der Waals surface area contributed by atoms with Crippen LogP contribution in [0.4, 0.5) is 0 Å². The summed E-state index contributed by atoms with van der Waals surface area (Å²) in [6.45, 7) is 1.98. The van der Waals surface area contributed by atoms with Gasteiger partial charge in [-0.3, -0.25) is 4.40 Å². The van der Waals surface area contributed by atoms with Gasteiger partial charge < -0.3 is 5.11 Å². The first kappa shape index (κ1) is 9.90. The van der Waals surface area contributed by atoms with Gasteiger partial charge in [0.2, 0.25) is 5.88 Å². The molecule has 0 saturated carbocycles. The van der Waals surface area contributed by atoms with E-state index in [-0.39, 0.29) is 5.88 Å². The zero-order valence-electron chi connectivity index (χ0n) is 9.46. The summed E-state index contributed by atoms with van der Waals surface area (Å²) >= 11 is 0. The molecule has 84 valence electrons. The zero-order valence-corrected chi connectivity index (χ0v) is 9.46. The average molecular weight is 224 g/mol. The van der Waals surface area contributed by atoms with Crippen molar-refractivity contribution >= 4 is 5.65 Å². The van der Waals surface area contributed by atoms with Crippen molar-refractivity contribution in [3.05, 3.63) is 54.2 Å². The van der Waals surface area contributed by atoms with Crippen LogP contribution < -0.4 is 0 Å². The van der Waals surface area contributed by atoms with Crippen molar-refractivity contribution in [2.24, 2.45) is 0 Å². The molecule has 0 radical (unpaired) electrons. The van der Waals surface area contributed by atoms with E-state index in [2.05, 4.69) is 4.98 Å². The average Bonchev–Trinajstić information content (AvgIpc) is 2.70. The fraction of sp³-hybridized carbons (Fsp3) is 0.0714. The van der Waals surface area contributed by atoms with Gasteiger partial charge in [0.05, 0.1) is 0 Å². The Morgan fingerprint density at radius 3 is 2.53 bits per heavy atom. The normalized spacial score (nSPS) is 10.9. The highest BCUT2D eigenvalue weighted by Crippen LogP contribution is 2.30. The Labute approximate surface area is 99.0 Å². The lowest BCUT2D eigenvalue weighted by atomic mass is 10.2. The highest BCUT2D eigenvalue weighted by Gasteiger charge is 2.13. The molecule has 3 heteroatoms. The zero-order chi connectivity index (χ0) is 11.8. The number of aromatic hydroxyl groups is 1. The number of fused-ring (bicyclic) bond motifs is 1. The first-order chi connectivity index (χ1) is 8.27. The van der Waals surface area contributed by atoms with E-state index in [0.29, 0.717) is 5.69 Å². The van der Waals surface area contributed by atoms with Crippen molar-refractivity contribution in [1.29, 1.82) is 0 Å². The van der Waals surface area contributed by atoms with Crippen LogP contribution in [0.2, 0.25) is 0 Å². The fourth-order valence-electron chi connectivity index (χ4n) is 1.98. The number of hydrogen-bond acceptors (Lipinski definition) is 2. The standard InChI is InChI=1S/C14H12N2O/c1-10-6-5-9-16-13(10)15-12(14(16)17)11-7-3-2-4-8-11/h2-9,17H,1H3. The first-order valence-electron chi connectivity index (χ1n) is 5.49. The Morgan fingerprint density at radius 1 is 1.06 bits per heavy atom. The minimum absolute atomic E-state index is 0.190. The molecule has 0 aliphatic rings. The summed E-state index contributed by atoms with van der Waals surface area (Å²) in [5.41, 5.74) is 3.39. The summed E-state index contributed by atoms with van der Waals surface area (Å²) in [6, 6.07) is 13.6. The summed E-state index contributed by atoms with van der Waals surface area (Å²) in [7, 11) is 0. The number of imidazole rings is 1. The van der Waals surface area contributed by atoms with Gasteiger partial charge in [0, 0.05) is 11.8 Å². The number of rotatable bonds is 1. The van der Waals surface area contributed by atoms with E-state index in [1.165, 1.54) is 0 Å². The van der Waals surface area contributed by atoms with Crippen molar-refractivity contribution in [2.75, 3.05) is 0 Å². The molecule has 0 fully saturated rings. The largest absolute Gasteiger partial charge is 0.493 e. The summed E-state index contributed by atoms with van der Waals surface area (Å²) in [5, 5.41) is 10.2. The molecule has 17 heavy (non-hydrogen) atoms. The molecule has 0 aliphatic carbocycles. The van der Waals surface area contributed by atoms with Gasteiger partial charge in [-0.1, -0.05) is 36.4 Å². The lowest BCUT2D eigenvalue weighted by molar-refractivity contribution is 0.450. The first-order valence-corrected chi connectivity index (χ1v) is 5.49. The smallest absolute Gasteiger partial charge is 0.224 e. The third-order valence-electron chi connectivity index (χ3n) is 2.87. The van der Waals surface area contributed by atoms with Crippen molar-refractivity contribution < 1.29 is 5.11 Å². The van der Waals surface area contributed by atoms with Gasteiger partial charge in [-0.05, 0) is 18.6 Å². The molecule has 0 saturated heterocycles. The molecule has 2 aromatic heterocycles. The molecule has 1 N–H and O–H groups in total. The van der Waals surface area contributed by atoms with Gasteiger partial charge in [0.1, 0.15) is 11.3 Å². The van der Waals surface area contributed by atoms with E-state index in [1.54, 1.807) is 4.40 Å².